The Morgan fingerprint density at radius 2 is 1.38 bits per heavy atom. The van der Waals surface area contributed by atoms with Gasteiger partial charge in [-0.1, -0.05) is 26.2 Å². The molecule has 8 heteroatoms. The largest absolute Gasteiger partial charge is 0.494 e. The van der Waals surface area contributed by atoms with Gasteiger partial charge in [-0.3, -0.25) is 20.4 Å². The molecule has 4 amide bonds. The molecule has 29 heavy (non-hydrogen) atoms. The summed E-state index contributed by atoms with van der Waals surface area (Å²) in [6.07, 6.45) is 4.52. The smallest absolute Gasteiger partial charge is 0.316 e. The zero-order valence-electron chi connectivity index (χ0n) is 16.4. The molecule has 0 radical (unpaired) electrons. The van der Waals surface area contributed by atoms with Crippen LogP contribution in [0.3, 0.4) is 0 Å². The van der Waals surface area contributed by atoms with E-state index in [1.165, 1.54) is 37.1 Å². The van der Waals surface area contributed by atoms with E-state index in [2.05, 4.69) is 23.1 Å². The maximum Gasteiger partial charge on any atom is 0.316 e. The quantitative estimate of drug-likeness (QED) is 0.382. The van der Waals surface area contributed by atoms with Crippen LogP contribution in [0.15, 0.2) is 48.5 Å². The number of nitrogens with one attached hydrogen (secondary N) is 3. The van der Waals surface area contributed by atoms with Gasteiger partial charge in [-0.2, -0.15) is 0 Å². The SMILES string of the molecule is CCCCCCOc1ccc(C(=O)NNC(=O)c2ccc(NC(N)=O)cc2)cc1. The summed E-state index contributed by atoms with van der Waals surface area (Å²) in [6, 6.07) is 12.1. The summed E-state index contributed by atoms with van der Waals surface area (Å²) < 4.78 is 5.64. The molecule has 2 rings (SSSR count). The zero-order chi connectivity index (χ0) is 21.1. The summed E-state index contributed by atoms with van der Waals surface area (Å²) in [5.41, 5.74) is 10.9. The minimum atomic E-state index is -0.692. The van der Waals surface area contributed by atoms with Crippen LogP contribution in [-0.4, -0.2) is 24.5 Å². The van der Waals surface area contributed by atoms with E-state index in [-0.39, 0.29) is 0 Å². The highest BCUT2D eigenvalue weighted by molar-refractivity contribution is 5.99. The Labute approximate surface area is 169 Å². The number of ether oxygens (including phenoxy) is 1. The number of urea groups is 1. The average molecular weight is 398 g/mol. The van der Waals surface area contributed by atoms with Gasteiger partial charge in [0.15, 0.2) is 0 Å². The van der Waals surface area contributed by atoms with Crippen LogP contribution in [0.5, 0.6) is 5.75 Å². The topological polar surface area (TPSA) is 123 Å². The molecule has 0 aliphatic carbocycles. The summed E-state index contributed by atoms with van der Waals surface area (Å²) in [6.45, 7) is 2.81. The van der Waals surface area contributed by atoms with Gasteiger partial charge in [-0.05, 0) is 55.0 Å². The fourth-order valence-corrected chi connectivity index (χ4v) is 2.53. The predicted molar refractivity (Wildman–Crippen MR) is 111 cm³/mol. The first kappa shape index (κ1) is 21.7. The number of carbonyl (C=O) groups excluding carboxylic acids is 3. The number of primary amides is 1. The molecule has 0 aromatic heterocycles. The molecule has 0 unspecified atom stereocenters. The second kappa shape index (κ2) is 11.3. The molecule has 0 spiro atoms. The maximum absolute atomic E-state index is 12.2. The van der Waals surface area contributed by atoms with Crippen molar-refractivity contribution in [3.63, 3.8) is 0 Å². The molecule has 0 heterocycles. The van der Waals surface area contributed by atoms with Gasteiger partial charge in [-0.15, -0.1) is 0 Å². The number of nitrogens with two attached hydrogens (primary N) is 1. The summed E-state index contributed by atoms with van der Waals surface area (Å²) in [7, 11) is 0. The van der Waals surface area contributed by atoms with Crippen LogP contribution in [-0.2, 0) is 0 Å². The van der Waals surface area contributed by atoms with E-state index in [4.69, 9.17) is 10.5 Å². The lowest BCUT2D eigenvalue weighted by Gasteiger charge is -2.09. The van der Waals surface area contributed by atoms with Crippen molar-refractivity contribution in [2.24, 2.45) is 5.73 Å². The summed E-state index contributed by atoms with van der Waals surface area (Å²) in [5, 5.41) is 2.40. The summed E-state index contributed by atoms with van der Waals surface area (Å²) in [4.78, 5) is 35.1. The number of carbonyl (C=O) groups is 3. The number of unbranched alkanes of at least 4 members (excludes halogenated alkanes) is 3. The van der Waals surface area contributed by atoms with E-state index in [0.29, 0.717) is 29.2 Å². The van der Waals surface area contributed by atoms with E-state index < -0.39 is 17.8 Å². The van der Waals surface area contributed by atoms with Crippen LogP contribution in [0.4, 0.5) is 10.5 Å². The van der Waals surface area contributed by atoms with Crippen LogP contribution in [0.1, 0.15) is 53.3 Å². The molecule has 0 bridgehead atoms. The average Bonchev–Trinajstić information content (AvgIpc) is 2.72. The third kappa shape index (κ3) is 7.53. The third-order valence-corrected chi connectivity index (χ3v) is 4.09. The van der Waals surface area contributed by atoms with Crippen molar-refractivity contribution in [1.82, 2.24) is 10.9 Å². The number of rotatable bonds is 9. The molecule has 2 aromatic rings. The van der Waals surface area contributed by atoms with Crippen LogP contribution in [0, 0.1) is 0 Å². The Morgan fingerprint density at radius 1 is 0.828 bits per heavy atom. The minimum absolute atomic E-state index is 0.312. The van der Waals surface area contributed by atoms with Crippen molar-refractivity contribution in [3.05, 3.63) is 59.7 Å². The van der Waals surface area contributed by atoms with Crippen LogP contribution in [0.2, 0.25) is 0 Å². The van der Waals surface area contributed by atoms with Gasteiger partial charge in [0.2, 0.25) is 0 Å². The fraction of sp³-hybridized carbons (Fsp3) is 0.286. The number of anilines is 1. The van der Waals surface area contributed by atoms with Gasteiger partial charge in [0.05, 0.1) is 6.61 Å². The van der Waals surface area contributed by atoms with E-state index in [0.717, 1.165) is 12.8 Å². The molecule has 0 aliphatic heterocycles. The van der Waals surface area contributed by atoms with E-state index >= 15 is 0 Å². The number of hydrogen-bond acceptors (Lipinski definition) is 4. The van der Waals surface area contributed by atoms with Crippen molar-refractivity contribution < 1.29 is 19.1 Å². The Kier molecular flexibility index (Phi) is 8.50. The number of amides is 4. The normalized spacial score (nSPS) is 10.1. The number of benzene rings is 2. The Hall–Kier alpha value is -3.55. The molecular formula is C21H26N4O4. The van der Waals surface area contributed by atoms with Crippen LogP contribution < -0.4 is 26.6 Å². The zero-order valence-corrected chi connectivity index (χ0v) is 16.4. The molecular weight excluding hydrogens is 372 g/mol. The highest BCUT2D eigenvalue weighted by Gasteiger charge is 2.09. The van der Waals surface area contributed by atoms with Crippen molar-refractivity contribution in [2.45, 2.75) is 32.6 Å². The molecule has 0 saturated carbocycles. The molecule has 2 aromatic carbocycles. The van der Waals surface area contributed by atoms with Gasteiger partial charge in [0.25, 0.3) is 11.8 Å². The maximum atomic E-state index is 12.2. The lowest BCUT2D eigenvalue weighted by atomic mass is 10.2. The third-order valence-electron chi connectivity index (χ3n) is 4.09. The second-order valence-corrected chi connectivity index (χ2v) is 6.41. The highest BCUT2D eigenvalue weighted by Crippen LogP contribution is 2.13. The minimum Gasteiger partial charge on any atom is -0.494 e. The van der Waals surface area contributed by atoms with E-state index in [9.17, 15) is 14.4 Å². The Bertz CT molecular complexity index is 820. The molecule has 0 atom stereocenters. The van der Waals surface area contributed by atoms with Crippen LogP contribution >= 0.6 is 0 Å². The molecule has 0 fully saturated rings. The standard InChI is InChI=1S/C21H26N4O4/c1-2-3-4-5-14-29-18-12-8-16(9-13-18)20(27)25-24-19(26)15-6-10-17(11-7-15)23-21(22)28/h6-13H,2-5,14H2,1H3,(H,24,26)(H,25,27)(H3,22,23,28). The van der Waals surface area contributed by atoms with Gasteiger partial charge in [-0.25, -0.2) is 4.79 Å². The van der Waals surface area contributed by atoms with E-state index in [1.807, 2.05) is 0 Å². The summed E-state index contributed by atoms with van der Waals surface area (Å²) >= 11 is 0. The number of hydrazine groups is 1. The van der Waals surface area contributed by atoms with Crippen molar-refractivity contribution in [3.8, 4) is 5.75 Å². The lowest BCUT2D eigenvalue weighted by Crippen LogP contribution is -2.41. The highest BCUT2D eigenvalue weighted by atomic mass is 16.5. The van der Waals surface area contributed by atoms with Crippen molar-refractivity contribution in [2.75, 3.05) is 11.9 Å². The molecule has 0 saturated heterocycles. The van der Waals surface area contributed by atoms with Crippen LogP contribution in [0.25, 0.3) is 0 Å². The predicted octanol–water partition coefficient (Wildman–Crippen LogP) is 3.21. The fourth-order valence-electron chi connectivity index (χ4n) is 2.53. The summed E-state index contributed by atoms with van der Waals surface area (Å²) in [5.74, 6) is -0.234. The number of hydrogen-bond donors (Lipinski definition) is 4. The monoisotopic (exact) mass is 398 g/mol. The van der Waals surface area contributed by atoms with Gasteiger partial charge < -0.3 is 15.8 Å². The van der Waals surface area contributed by atoms with Gasteiger partial charge in [0.1, 0.15) is 5.75 Å². The Balaban J connectivity index is 1.79. The van der Waals surface area contributed by atoms with Gasteiger partial charge >= 0.3 is 6.03 Å². The molecule has 8 nitrogen and oxygen atoms in total. The van der Waals surface area contributed by atoms with Crippen molar-refractivity contribution in [1.29, 1.82) is 0 Å². The molecule has 5 N–H and O–H groups in total. The first-order valence-electron chi connectivity index (χ1n) is 9.49. The van der Waals surface area contributed by atoms with Gasteiger partial charge in [0, 0.05) is 16.8 Å². The van der Waals surface area contributed by atoms with E-state index in [1.54, 1.807) is 24.3 Å². The molecule has 0 aliphatic rings. The second-order valence-electron chi connectivity index (χ2n) is 6.41. The van der Waals surface area contributed by atoms with Crippen molar-refractivity contribution >= 4 is 23.5 Å². The first-order valence-corrected chi connectivity index (χ1v) is 9.49. The molecule has 154 valence electrons. The lowest BCUT2D eigenvalue weighted by molar-refractivity contribution is 0.0846. The Morgan fingerprint density at radius 3 is 1.90 bits per heavy atom. The first-order chi connectivity index (χ1) is 14.0.